The van der Waals surface area contributed by atoms with Gasteiger partial charge in [-0.3, -0.25) is 0 Å². The van der Waals surface area contributed by atoms with E-state index < -0.39 is 0 Å². The lowest BCUT2D eigenvalue weighted by atomic mass is 10.0. The van der Waals surface area contributed by atoms with E-state index in [2.05, 4.69) is 79.4 Å². The molecule has 0 spiro atoms. The predicted molar refractivity (Wildman–Crippen MR) is 88.7 cm³/mol. The Balaban J connectivity index is 2.00. The van der Waals surface area contributed by atoms with Gasteiger partial charge in [0.15, 0.2) is 0 Å². The average molecular weight is 265 g/mol. The minimum Gasteiger partial charge on any atom is -0.300 e. The van der Waals surface area contributed by atoms with Crippen LogP contribution in [-0.2, 0) is 0 Å². The molecule has 0 fully saturated rings. The largest absolute Gasteiger partial charge is 0.300 e. The molecule has 0 aliphatic rings. The minimum absolute atomic E-state index is 1.02. The molecule has 0 radical (unpaired) electrons. The van der Waals surface area contributed by atoms with Crippen LogP contribution in [0.2, 0.25) is 0 Å². The van der Waals surface area contributed by atoms with Gasteiger partial charge < -0.3 is 4.90 Å². The van der Waals surface area contributed by atoms with Crippen molar-refractivity contribution in [2.24, 2.45) is 0 Å². The Morgan fingerprint density at radius 3 is 2.00 bits per heavy atom. The second-order valence-corrected chi connectivity index (χ2v) is 4.88. The molecule has 0 aliphatic carbocycles. The molecule has 2 aromatic rings. The van der Waals surface area contributed by atoms with Gasteiger partial charge in [-0.05, 0) is 29.8 Å². The van der Waals surface area contributed by atoms with E-state index >= 15 is 0 Å². The molecule has 0 aliphatic heterocycles. The zero-order valence-corrected chi connectivity index (χ0v) is 12.4. The van der Waals surface area contributed by atoms with Crippen molar-refractivity contribution in [1.82, 2.24) is 4.90 Å². The van der Waals surface area contributed by atoms with Crippen LogP contribution in [0.1, 0.15) is 19.4 Å². The Labute approximate surface area is 122 Å². The van der Waals surface area contributed by atoms with Gasteiger partial charge in [0.1, 0.15) is 0 Å². The maximum Gasteiger partial charge on any atom is 0.0166 e. The van der Waals surface area contributed by atoms with Crippen molar-refractivity contribution in [1.29, 1.82) is 0 Å². The summed E-state index contributed by atoms with van der Waals surface area (Å²) in [6.07, 6.45) is 4.44. The first-order valence-electron chi connectivity index (χ1n) is 7.38. The molecule has 0 N–H and O–H groups in total. The molecule has 104 valence electrons. The molecule has 0 saturated heterocycles. The minimum atomic E-state index is 1.02. The summed E-state index contributed by atoms with van der Waals surface area (Å²) in [6.45, 7) is 7.63. The number of likely N-dealkylation sites (N-methyl/N-ethyl adjacent to an activating group) is 1. The van der Waals surface area contributed by atoms with Gasteiger partial charge in [-0.1, -0.05) is 80.6 Å². The summed E-state index contributed by atoms with van der Waals surface area (Å²) < 4.78 is 0. The predicted octanol–water partition coefficient (Wildman–Crippen LogP) is 4.71. The Morgan fingerprint density at radius 2 is 1.40 bits per heavy atom. The SMILES string of the molecule is CCN(CC)C/C=C/c1ccc(-c2ccccc2)cc1. The number of hydrogen-bond donors (Lipinski definition) is 0. The molecular formula is C19H23N. The lowest BCUT2D eigenvalue weighted by Gasteiger charge is -2.14. The van der Waals surface area contributed by atoms with Crippen LogP contribution in [0.15, 0.2) is 60.7 Å². The van der Waals surface area contributed by atoms with Gasteiger partial charge >= 0.3 is 0 Å². The summed E-state index contributed by atoms with van der Waals surface area (Å²) >= 11 is 0. The molecule has 0 unspecified atom stereocenters. The average Bonchev–Trinajstić information content (AvgIpc) is 2.53. The Hall–Kier alpha value is -1.86. The quantitative estimate of drug-likeness (QED) is 0.731. The summed E-state index contributed by atoms with van der Waals surface area (Å²) in [5.74, 6) is 0. The highest BCUT2D eigenvalue weighted by molar-refractivity contribution is 5.65. The Bertz CT molecular complexity index is 521. The van der Waals surface area contributed by atoms with E-state index in [1.165, 1.54) is 16.7 Å². The molecular weight excluding hydrogens is 242 g/mol. The first-order valence-corrected chi connectivity index (χ1v) is 7.38. The van der Waals surface area contributed by atoms with E-state index in [4.69, 9.17) is 0 Å². The molecule has 1 heteroatoms. The first kappa shape index (κ1) is 14.5. The van der Waals surface area contributed by atoms with Crippen molar-refractivity contribution in [3.05, 3.63) is 66.2 Å². The van der Waals surface area contributed by atoms with Gasteiger partial charge in [0.25, 0.3) is 0 Å². The first-order chi connectivity index (χ1) is 9.83. The second-order valence-electron chi connectivity index (χ2n) is 4.88. The van der Waals surface area contributed by atoms with Crippen molar-refractivity contribution in [3.8, 4) is 11.1 Å². The molecule has 0 saturated carbocycles. The van der Waals surface area contributed by atoms with E-state index in [0.29, 0.717) is 0 Å². The van der Waals surface area contributed by atoms with Crippen LogP contribution < -0.4 is 0 Å². The molecule has 0 aromatic heterocycles. The maximum atomic E-state index is 2.40. The Kier molecular flexibility index (Phi) is 5.57. The smallest absolute Gasteiger partial charge is 0.0166 e. The number of hydrogen-bond acceptors (Lipinski definition) is 1. The van der Waals surface area contributed by atoms with Crippen LogP contribution in [0, 0.1) is 0 Å². The van der Waals surface area contributed by atoms with Crippen LogP contribution >= 0.6 is 0 Å². The monoisotopic (exact) mass is 265 g/mol. The van der Waals surface area contributed by atoms with Gasteiger partial charge in [-0.2, -0.15) is 0 Å². The van der Waals surface area contributed by atoms with Gasteiger partial charge in [0, 0.05) is 6.54 Å². The standard InChI is InChI=1S/C19H23N/c1-3-20(4-2)16-8-9-17-12-14-19(15-13-17)18-10-6-5-7-11-18/h5-15H,3-4,16H2,1-2H3/b9-8+. The van der Waals surface area contributed by atoms with Crippen LogP contribution in [-0.4, -0.2) is 24.5 Å². The van der Waals surface area contributed by atoms with Crippen molar-refractivity contribution in [2.45, 2.75) is 13.8 Å². The van der Waals surface area contributed by atoms with Crippen LogP contribution in [0.4, 0.5) is 0 Å². The third kappa shape index (κ3) is 4.07. The van der Waals surface area contributed by atoms with Gasteiger partial charge in [-0.25, -0.2) is 0 Å². The summed E-state index contributed by atoms with van der Waals surface area (Å²) in [6, 6.07) is 19.2. The van der Waals surface area contributed by atoms with E-state index in [1.807, 2.05) is 6.07 Å². The summed E-state index contributed by atoms with van der Waals surface area (Å²) in [4.78, 5) is 2.40. The van der Waals surface area contributed by atoms with Gasteiger partial charge in [-0.15, -0.1) is 0 Å². The topological polar surface area (TPSA) is 3.24 Å². The number of nitrogens with zero attached hydrogens (tertiary/aromatic N) is 1. The summed E-state index contributed by atoms with van der Waals surface area (Å²) in [5.41, 5.74) is 3.80. The molecule has 0 heterocycles. The highest BCUT2D eigenvalue weighted by atomic mass is 15.1. The lowest BCUT2D eigenvalue weighted by molar-refractivity contribution is 0.338. The summed E-state index contributed by atoms with van der Waals surface area (Å²) in [7, 11) is 0. The molecule has 2 aromatic carbocycles. The zero-order chi connectivity index (χ0) is 14.2. The van der Waals surface area contributed by atoms with E-state index in [1.54, 1.807) is 0 Å². The zero-order valence-electron chi connectivity index (χ0n) is 12.4. The molecule has 0 bridgehead atoms. The van der Waals surface area contributed by atoms with Crippen LogP contribution in [0.3, 0.4) is 0 Å². The lowest BCUT2D eigenvalue weighted by Crippen LogP contribution is -2.22. The van der Waals surface area contributed by atoms with Crippen molar-refractivity contribution < 1.29 is 0 Å². The Morgan fingerprint density at radius 1 is 0.800 bits per heavy atom. The normalized spacial score (nSPS) is 11.3. The van der Waals surface area contributed by atoms with E-state index in [0.717, 1.165) is 19.6 Å². The molecule has 1 nitrogen and oxygen atoms in total. The van der Waals surface area contributed by atoms with Crippen LogP contribution in [0.25, 0.3) is 17.2 Å². The van der Waals surface area contributed by atoms with Crippen molar-refractivity contribution >= 4 is 6.08 Å². The van der Waals surface area contributed by atoms with Gasteiger partial charge in [0.05, 0.1) is 0 Å². The van der Waals surface area contributed by atoms with E-state index in [9.17, 15) is 0 Å². The molecule has 2 rings (SSSR count). The van der Waals surface area contributed by atoms with Crippen molar-refractivity contribution in [3.63, 3.8) is 0 Å². The number of benzene rings is 2. The molecule has 20 heavy (non-hydrogen) atoms. The third-order valence-electron chi connectivity index (χ3n) is 3.59. The number of rotatable bonds is 6. The third-order valence-corrected chi connectivity index (χ3v) is 3.59. The van der Waals surface area contributed by atoms with Gasteiger partial charge in [0.2, 0.25) is 0 Å². The van der Waals surface area contributed by atoms with E-state index in [-0.39, 0.29) is 0 Å². The fraction of sp³-hybridized carbons (Fsp3) is 0.263. The highest BCUT2D eigenvalue weighted by Crippen LogP contribution is 2.19. The molecule has 0 atom stereocenters. The second kappa shape index (κ2) is 7.66. The molecule has 0 amide bonds. The fourth-order valence-electron chi connectivity index (χ4n) is 2.24. The van der Waals surface area contributed by atoms with Crippen LogP contribution in [0.5, 0.6) is 0 Å². The fourth-order valence-corrected chi connectivity index (χ4v) is 2.24. The highest BCUT2D eigenvalue weighted by Gasteiger charge is 1.96. The summed E-state index contributed by atoms with van der Waals surface area (Å²) in [5, 5.41) is 0. The van der Waals surface area contributed by atoms with Crippen molar-refractivity contribution in [2.75, 3.05) is 19.6 Å². The maximum absolute atomic E-state index is 2.40.